The third kappa shape index (κ3) is 5.79. The zero-order chi connectivity index (χ0) is 24.1. The van der Waals surface area contributed by atoms with Crippen LogP contribution < -0.4 is 9.47 Å². The lowest BCUT2D eigenvalue weighted by molar-refractivity contribution is -0.384. The van der Waals surface area contributed by atoms with Crippen LogP contribution in [0.5, 0.6) is 11.5 Å². The Balaban J connectivity index is 1.93. The van der Waals surface area contributed by atoms with E-state index in [1.54, 1.807) is 19.1 Å². The van der Waals surface area contributed by atoms with E-state index in [4.69, 9.17) is 25.8 Å². The van der Waals surface area contributed by atoms with Crippen molar-refractivity contribution in [1.82, 2.24) is 0 Å². The standard InChI is InChI=1S/C21H16ClIN2O8/c1-3-31-17-8-11(6-15(23)19(17)32-10-18(26)30-2)7-16-21(27)33-20(24-16)13-5-4-12(25(28)29)9-14(13)22/h4-9H,3,10H2,1-2H3/b16-7-. The zero-order valence-electron chi connectivity index (χ0n) is 17.3. The molecular formula is C21H16ClIN2O8. The van der Waals surface area contributed by atoms with E-state index in [1.165, 1.54) is 25.3 Å². The summed E-state index contributed by atoms with van der Waals surface area (Å²) in [6, 6.07) is 7.09. The molecule has 0 unspecified atom stereocenters. The van der Waals surface area contributed by atoms with Gasteiger partial charge < -0.3 is 18.9 Å². The third-order valence-corrected chi connectivity index (χ3v) is 5.33. The summed E-state index contributed by atoms with van der Waals surface area (Å²) in [4.78, 5) is 38.3. The van der Waals surface area contributed by atoms with Gasteiger partial charge in [-0.05, 0) is 59.4 Å². The summed E-state index contributed by atoms with van der Waals surface area (Å²) < 4.78 is 21.6. The molecule has 0 radical (unpaired) electrons. The molecule has 12 heteroatoms. The summed E-state index contributed by atoms with van der Waals surface area (Å²) in [5.41, 5.74) is 0.619. The van der Waals surface area contributed by atoms with Crippen LogP contribution in [0.4, 0.5) is 5.69 Å². The van der Waals surface area contributed by atoms with Gasteiger partial charge in [-0.25, -0.2) is 14.6 Å². The van der Waals surface area contributed by atoms with E-state index in [9.17, 15) is 19.7 Å². The fraction of sp³-hybridized carbons (Fsp3) is 0.190. The van der Waals surface area contributed by atoms with Crippen LogP contribution in [0.3, 0.4) is 0 Å². The van der Waals surface area contributed by atoms with E-state index < -0.39 is 16.9 Å². The van der Waals surface area contributed by atoms with Gasteiger partial charge in [0.05, 0.1) is 32.8 Å². The van der Waals surface area contributed by atoms with Gasteiger partial charge in [-0.3, -0.25) is 10.1 Å². The molecule has 1 heterocycles. The van der Waals surface area contributed by atoms with E-state index >= 15 is 0 Å². The van der Waals surface area contributed by atoms with E-state index in [0.717, 1.165) is 6.07 Å². The van der Waals surface area contributed by atoms with Gasteiger partial charge in [0, 0.05) is 12.1 Å². The number of nitrogens with zero attached hydrogens (tertiary/aromatic N) is 2. The molecule has 0 amide bonds. The quantitative estimate of drug-likeness (QED) is 0.148. The predicted molar refractivity (Wildman–Crippen MR) is 127 cm³/mol. The Morgan fingerprint density at radius 1 is 1.30 bits per heavy atom. The fourth-order valence-corrected chi connectivity index (χ4v) is 3.77. The lowest BCUT2D eigenvalue weighted by Gasteiger charge is -2.14. The Hall–Kier alpha value is -3.19. The second-order valence-electron chi connectivity index (χ2n) is 6.39. The second kappa shape index (κ2) is 10.6. The molecule has 0 N–H and O–H groups in total. The van der Waals surface area contributed by atoms with Crippen LogP contribution >= 0.6 is 34.2 Å². The van der Waals surface area contributed by atoms with Gasteiger partial charge in [0.2, 0.25) is 5.90 Å². The number of nitro benzene ring substituents is 1. The number of rotatable bonds is 8. The van der Waals surface area contributed by atoms with Gasteiger partial charge in [0.25, 0.3) is 5.69 Å². The van der Waals surface area contributed by atoms with Gasteiger partial charge in [0.15, 0.2) is 23.8 Å². The molecule has 3 rings (SSSR count). The van der Waals surface area contributed by atoms with E-state index in [-0.39, 0.29) is 34.5 Å². The topological polar surface area (TPSA) is 127 Å². The number of esters is 2. The van der Waals surface area contributed by atoms with Crippen molar-refractivity contribution in [2.75, 3.05) is 20.3 Å². The van der Waals surface area contributed by atoms with Crippen molar-refractivity contribution in [3.8, 4) is 11.5 Å². The lowest BCUT2D eigenvalue weighted by Crippen LogP contribution is -2.14. The summed E-state index contributed by atoms with van der Waals surface area (Å²) in [7, 11) is 1.26. The Bertz CT molecular complexity index is 1200. The van der Waals surface area contributed by atoms with Crippen molar-refractivity contribution in [2.45, 2.75) is 6.92 Å². The number of carbonyl (C=O) groups excluding carboxylic acids is 2. The summed E-state index contributed by atoms with van der Waals surface area (Å²) in [5.74, 6) is -0.586. The van der Waals surface area contributed by atoms with Crippen LogP contribution in [0.2, 0.25) is 5.02 Å². The molecule has 2 aromatic carbocycles. The van der Waals surface area contributed by atoms with Crippen molar-refractivity contribution in [3.63, 3.8) is 0 Å². The van der Waals surface area contributed by atoms with Gasteiger partial charge in [-0.15, -0.1) is 0 Å². The molecule has 0 saturated carbocycles. The first-order chi connectivity index (χ1) is 15.7. The molecule has 33 heavy (non-hydrogen) atoms. The second-order valence-corrected chi connectivity index (χ2v) is 7.95. The van der Waals surface area contributed by atoms with Crippen LogP contribution in [-0.4, -0.2) is 43.1 Å². The molecule has 0 atom stereocenters. The molecule has 172 valence electrons. The molecule has 0 fully saturated rings. The highest BCUT2D eigenvalue weighted by Gasteiger charge is 2.27. The third-order valence-electron chi connectivity index (χ3n) is 4.21. The first-order valence-electron chi connectivity index (χ1n) is 9.36. The number of ether oxygens (including phenoxy) is 4. The molecule has 0 aliphatic carbocycles. The number of nitro groups is 1. The summed E-state index contributed by atoms with van der Waals surface area (Å²) >= 11 is 8.12. The number of hydrogen-bond acceptors (Lipinski definition) is 9. The monoisotopic (exact) mass is 586 g/mol. The molecule has 0 saturated heterocycles. The van der Waals surface area contributed by atoms with Crippen LogP contribution in [-0.2, 0) is 19.1 Å². The van der Waals surface area contributed by atoms with Crippen molar-refractivity contribution in [1.29, 1.82) is 0 Å². The van der Waals surface area contributed by atoms with E-state index in [1.807, 2.05) is 22.6 Å². The normalized spacial score (nSPS) is 14.0. The molecule has 2 aromatic rings. The average Bonchev–Trinajstić information content (AvgIpc) is 3.12. The predicted octanol–water partition coefficient (Wildman–Crippen LogP) is 4.15. The number of cyclic esters (lactones) is 1. The fourth-order valence-electron chi connectivity index (χ4n) is 2.74. The van der Waals surface area contributed by atoms with E-state index in [0.29, 0.717) is 27.2 Å². The summed E-state index contributed by atoms with van der Waals surface area (Å²) in [6.45, 7) is 1.84. The minimum Gasteiger partial charge on any atom is -0.490 e. The first kappa shape index (κ1) is 24.5. The molecular weight excluding hydrogens is 571 g/mol. The maximum absolute atomic E-state index is 12.4. The van der Waals surface area contributed by atoms with Crippen LogP contribution in [0, 0.1) is 13.7 Å². The molecule has 0 spiro atoms. The Kier molecular flexibility index (Phi) is 7.87. The van der Waals surface area contributed by atoms with Gasteiger partial charge >= 0.3 is 11.9 Å². The van der Waals surface area contributed by atoms with Crippen LogP contribution in [0.1, 0.15) is 18.1 Å². The highest BCUT2D eigenvalue weighted by molar-refractivity contribution is 14.1. The number of non-ortho nitro benzene ring substituents is 1. The van der Waals surface area contributed by atoms with Crippen molar-refractivity contribution < 1.29 is 33.5 Å². The number of benzene rings is 2. The highest BCUT2D eigenvalue weighted by Crippen LogP contribution is 2.35. The Labute approximate surface area is 206 Å². The number of halogens is 2. The smallest absolute Gasteiger partial charge is 0.363 e. The van der Waals surface area contributed by atoms with Crippen LogP contribution in [0.15, 0.2) is 41.0 Å². The van der Waals surface area contributed by atoms with Gasteiger partial charge in [0.1, 0.15) is 0 Å². The number of aliphatic imine (C=N–C) groups is 1. The van der Waals surface area contributed by atoms with E-state index in [2.05, 4.69) is 9.73 Å². The number of methoxy groups -OCH3 is 1. The number of hydrogen-bond donors (Lipinski definition) is 0. The maximum Gasteiger partial charge on any atom is 0.363 e. The van der Waals surface area contributed by atoms with Crippen LogP contribution in [0.25, 0.3) is 6.08 Å². The molecule has 10 nitrogen and oxygen atoms in total. The van der Waals surface area contributed by atoms with Gasteiger partial charge in [-0.1, -0.05) is 11.6 Å². The SMILES string of the molecule is CCOc1cc(/C=C2\N=C(c3ccc([N+](=O)[O-])cc3Cl)OC2=O)cc(I)c1OCC(=O)OC. The maximum atomic E-state index is 12.4. The number of carbonyl (C=O) groups is 2. The summed E-state index contributed by atoms with van der Waals surface area (Å²) in [5, 5.41) is 10.9. The van der Waals surface area contributed by atoms with Gasteiger partial charge in [-0.2, -0.15) is 0 Å². The first-order valence-corrected chi connectivity index (χ1v) is 10.8. The Morgan fingerprint density at radius 3 is 2.70 bits per heavy atom. The lowest BCUT2D eigenvalue weighted by atomic mass is 10.1. The molecule has 1 aliphatic rings. The van der Waals surface area contributed by atoms with Crippen molar-refractivity contribution in [3.05, 3.63) is 65.9 Å². The zero-order valence-corrected chi connectivity index (χ0v) is 20.2. The van der Waals surface area contributed by atoms with Crippen molar-refractivity contribution >= 4 is 63.8 Å². The largest absolute Gasteiger partial charge is 0.490 e. The minimum atomic E-state index is -0.710. The molecule has 0 bridgehead atoms. The molecule has 0 aromatic heterocycles. The molecule has 1 aliphatic heterocycles. The summed E-state index contributed by atoms with van der Waals surface area (Å²) in [6.07, 6.45) is 1.49. The average molecular weight is 587 g/mol. The van der Waals surface area contributed by atoms with Crippen molar-refractivity contribution in [2.24, 2.45) is 4.99 Å². The minimum absolute atomic E-state index is 0.000831. The highest BCUT2D eigenvalue weighted by atomic mass is 127. The Morgan fingerprint density at radius 2 is 2.06 bits per heavy atom.